The van der Waals surface area contributed by atoms with Crippen LogP contribution in [0.15, 0.2) is 11.9 Å². The molecule has 0 bridgehead atoms. The van der Waals surface area contributed by atoms with Crippen LogP contribution in [0.4, 0.5) is 0 Å². The Labute approximate surface area is 90.2 Å². The lowest BCUT2D eigenvalue weighted by Crippen LogP contribution is -2.13. The van der Waals surface area contributed by atoms with Gasteiger partial charge in [0.2, 0.25) is 0 Å². The third-order valence-electron chi connectivity index (χ3n) is 2.77. The Bertz CT molecular complexity index is 353. The second-order valence-electron chi connectivity index (χ2n) is 4.15. The Balaban J connectivity index is 2.12. The first-order valence-corrected chi connectivity index (χ1v) is 5.62. The normalized spacial score (nSPS) is 23.9. The van der Waals surface area contributed by atoms with Gasteiger partial charge in [-0.15, -0.1) is 0 Å². The van der Waals surface area contributed by atoms with Gasteiger partial charge < -0.3 is 5.73 Å². The Morgan fingerprint density at radius 2 is 2.53 bits per heavy atom. The van der Waals surface area contributed by atoms with Crippen LogP contribution in [0.25, 0.3) is 6.08 Å². The number of aromatic nitrogens is 3. The van der Waals surface area contributed by atoms with Crippen LogP contribution in [0.1, 0.15) is 38.4 Å². The lowest BCUT2D eigenvalue weighted by atomic mass is 10.2. The highest BCUT2D eigenvalue weighted by atomic mass is 15.3. The summed E-state index contributed by atoms with van der Waals surface area (Å²) in [6, 6.07) is 0.346. The molecule has 0 radical (unpaired) electrons. The van der Waals surface area contributed by atoms with Crippen LogP contribution >= 0.6 is 0 Å². The average Bonchev–Trinajstić information content (AvgIpc) is 2.78. The summed E-state index contributed by atoms with van der Waals surface area (Å²) in [6.45, 7) is 3.08. The van der Waals surface area contributed by atoms with Gasteiger partial charge >= 0.3 is 0 Å². The molecule has 0 aromatic carbocycles. The third-order valence-corrected chi connectivity index (χ3v) is 2.77. The first-order valence-electron chi connectivity index (χ1n) is 5.62. The largest absolute Gasteiger partial charge is 0.327 e. The van der Waals surface area contributed by atoms with Crippen LogP contribution in [-0.4, -0.2) is 20.8 Å². The van der Waals surface area contributed by atoms with Gasteiger partial charge in [-0.3, -0.25) is 0 Å². The molecule has 0 saturated heterocycles. The second-order valence-corrected chi connectivity index (χ2v) is 4.15. The molecule has 1 aliphatic carbocycles. The maximum atomic E-state index is 5.87. The van der Waals surface area contributed by atoms with E-state index in [1.54, 1.807) is 6.33 Å². The van der Waals surface area contributed by atoms with Crippen LogP contribution in [0, 0.1) is 0 Å². The molecule has 1 aromatic rings. The van der Waals surface area contributed by atoms with Gasteiger partial charge in [0, 0.05) is 12.6 Å². The highest BCUT2D eigenvalue weighted by Crippen LogP contribution is 2.24. The van der Waals surface area contributed by atoms with Crippen molar-refractivity contribution in [2.45, 2.75) is 45.2 Å². The summed E-state index contributed by atoms with van der Waals surface area (Å²) in [7, 11) is 0. The average molecular weight is 206 g/mol. The number of nitrogens with two attached hydrogens (primary N) is 1. The first kappa shape index (κ1) is 10.4. The predicted molar refractivity (Wildman–Crippen MR) is 60.1 cm³/mol. The van der Waals surface area contributed by atoms with Gasteiger partial charge in [0.25, 0.3) is 0 Å². The van der Waals surface area contributed by atoms with E-state index >= 15 is 0 Å². The van der Waals surface area contributed by atoms with E-state index in [0.29, 0.717) is 6.04 Å². The van der Waals surface area contributed by atoms with Gasteiger partial charge in [-0.2, -0.15) is 5.10 Å². The minimum Gasteiger partial charge on any atom is -0.327 e. The van der Waals surface area contributed by atoms with Crippen molar-refractivity contribution in [1.29, 1.82) is 0 Å². The fourth-order valence-corrected chi connectivity index (χ4v) is 1.99. The third kappa shape index (κ3) is 2.45. The van der Waals surface area contributed by atoms with Gasteiger partial charge in [-0.05, 0) is 31.8 Å². The summed E-state index contributed by atoms with van der Waals surface area (Å²) in [6.07, 6.45) is 8.08. The molecule has 15 heavy (non-hydrogen) atoms. The topological polar surface area (TPSA) is 56.7 Å². The molecule has 2 rings (SSSR count). The van der Waals surface area contributed by atoms with E-state index in [1.807, 2.05) is 4.68 Å². The summed E-state index contributed by atoms with van der Waals surface area (Å²) in [5, 5.41) is 4.20. The van der Waals surface area contributed by atoms with E-state index in [4.69, 9.17) is 5.73 Å². The van der Waals surface area contributed by atoms with Crippen LogP contribution in [0.2, 0.25) is 0 Å². The summed E-state index contributed by atoms with van der Waals surface area (Å²) in [5.41, 5.74) is 7.28. The van der Waals surface area contributed by atoms with Gasteiger partial charge in [0.1, 0.15) is 6.33 Å². The van der Waals surface area contributed by atoms with Crippen molar-refractivity contribution in [3.63, 3.8) is 0 Å². The molecular formula is C11H18N4. The van der Waals surface area contributed by atoms with Gasteiger partial charge in [-0.25, -0.2) is 9.67 Å². The van der Waals surface area contributed by atoms with E-state index in [9.17, 15) is 0 Å². The Morgan fingerprint density at radius 3 is 3.20 bits per heavy atom. The van der Waals surface area contributed by atoms with E-state index in [1.165, 1.54) is 5.57 Å². The maximum Gasteiger partial charge on any atom is 0.150 e. The maximum absolute atomic E-state index is 5.87. The smallest absolute Gasteiger partial charge is 0.150 e. The summed E-state index contributed by atoms with van der Waals surface area (Å²) >= 11 is 0. The number of aryl methyl sites for hydroxylation is 1. The summed E-state index contributed by atoms with van der Waals surface area (Å²) in [5.74, 6) is 0.973. The van der Waals surface area contributed by atoms with E-state index in [-0.39, 0.29) is 0 Å². The molecule has 0 spiro atoms. The van der Waals surface area contributed by atoms with Crippen LogP contribution in [0.3, 0.4) is 0 Å². The van der Waals surface area contributed by atoms with Crippen molar-refractivity contribution in [2.75, 3.05) is 0 Å². The molecule has 1 fully saturated rings. The standard InChI is InChI=1S/C11H18N4/c1-2-5-15-11(13-8-14-15)7-9-3-4-10(12)6-9/h7-8,10H,2-6,12H2,1H3. The van der Waals surface area contributed by atoms with Crippen molar-refractivity contribution in [3.8, 4) is 0 Å². The molecular weight excluding hydrogens is 188 g/mol. The molecule has 2 N–H and O–H groups in total. The minimum atomic E-state index is 0.346. The van der Waals surface area contributed by atoms with Gasteiger partial charge in [0.05, 0.1) is 0 Å². The molecule has 0 aliphatic heterocycles. The molecule has 1 atom stereocenters. The minimum absolute atomic E-state index is 0.346. The van der Waals surface area contributed by atoms with E-state index in [2.05, 4.69) is 23.1 Å². The molecule has 4 heteroatoms. The summed E-state index contributed by atoms with van der Waals surface area (Å²) < 4.78 is 1.96. The first-order chi connectivity index (χ1) is 7.29. The Kier molecular flexibility index (Phi) is 3.16. The van der Waals surface area contributed by atoms with E-state index < -0.39 is 0 Å². The molecule has 1 heterocycles. The fraction of sp³-hybridized carbons (Fsp3) is 0.636. The van der Waals surface area contributed by atoms with Crippen molar-refractivity contribution >= 4 is 6.08 Å². The van der Waals surface area contributed by atoms with Crippen LogP contribution < -0.4 is 5.73 Å². The number of nitrogens with zero attached hydrogens (tertiary/aromatic N) is 3. The molecule has 82 valence electrons. The zero-order chi connectivity index (χ0) is 10.7. The molecule has 1 aliphatic rings. The Morgan fingerprint density at radius 1 is 1.67 bits per heavy atom. The molecule has 0 amide bonds. The van der Waals surface area contributed by atoms with E-state index in [0.717, 1.165) is 38.1 Å². The van der Waals surface area contributed by atoms with Crippen molar-refractivity contribution in [1.82, 2.24) is 14.8 Å². The second kappa shape index (κ2) is 4.57. The highest BCUT2D eigenvalue weighted by Gasteiger charge is 2.15. The molecule has 4 nitrogen and oxygen atoms in total. The quantitative estimate of drug-likeness (QED) is 0.817. The lowest BCUT2D eigenvalue weighted by molar-refractivity contribution is 0.595. The zero-order valence-electron chi connectivity index (χ0n) is 9.19. The monoisotopic (exact) mass is 206 g/mol. The fourth-order valence-electron chi connectivity index (χ4n) is 1.99. The van der Waals surface area contributed by atoms with Crippen LogP contribution in [0.5, 0.6) is 0 Å². The van der Waals surface area contributed by atoms with Crippen molar-refractivity contribution in [2.24, 2.45) is 5.73 Å². The zero-order valence-corrected chi connectivity index (χ0v) is 9.19. The van der Waals surface area contributed by atoms with Crippen molar-refractivity contribution < 1.29 is 0 Å². The number of hydrogen-bond acceptors (Lipinski definition) is 3. The van der Waals surface area contributed by atoms with Crippen molar-refractivity contribution in [3.05, 3.63) is 17.7 Å². The number of hydrogen-bond donors (Lipinski definition) is 1. The summed E-state index contributed by atoms with van der Waals surface area (Å²) in [4.78, 5) is 4.26. The predicted octanol–water partition coefficient (Wildman–Crippen LogP) is 1.58. The van der Waals surface area contributed by atoms with Gasteiger partial charge in [-0.1, -0.05) is 12.5 Å². The Hall–Kier alpha value is -1.16. The SMILES string of the molecule is CCCn1ncnc1C=C1CCC(N)C1. The highest BCUT2D eigenvalue weighted by molar-refractivity contribution is 5.46. The molecule has 1 aromatic heterocycles. The number of rotatable bonds is 3. The lowest BCUT2D eigenvalue weighted by Gasteiger charge is -2.01. The molecule has 1 saturated carbocycles. The van der Waals surface area contributed by atoms with Gasteiger partial charge in [0.15, 0.2) is 5.82 Å². The molecule has 1 unspecified atom stereocenters. The van der Waals surface area contributed by atoms with Crippen LogP contribution in [-0.2, 0) is 6.54 Å².